The second kappa shape index (κ2) is 5.09. The molecule has 0 atom stereocenters. The van der Waals surface area contributed by atoms with Crippen LogP contribution in [0.15, 0.2) is 48.5 Å². The van der Waals surface area contributed by atoms with Crippen molar-refractivity contribution < 1.29 is 19.4 Å². The maximum Gasteiger partial charge on any atom is 0.231 e. The largest absolute Gasteiger partial charge is 0.508 e. The van der Waals surface area contributed by atoms with Gasteiger partial charge in [-0.1, -0.05) is 12.1 Å². The molecule has 0 radical (unpaired) electrons. The molecule has 0 fully saturated rings. The molecule has 0 saturated carbocycles. The molecular weight excluding hydrogens is 256 g/mol. The highest BCUT2D eigenvalue weighted by molar-refractivity contribution is 6.06. The average molecular weight is 268 g/mol. The summed E-state index contributed by atoms with van der Waals surface area (Å²) in [5.74, 6) is 1.42. The Bertz CT molecular complexity index is 671. The van der Waals surface area contributed by atoms with Crippen molar-refractivity contribution in [3.63, 3.8) is 0 Å². The fourth-order valence-electron chi connectivity index (χ4n) is 1.91. The quantitative estimate of drug-likeness (QED) is 0.686. The Morgan fingerprint density at radius 1 is 1.05 bits per heavy atom. The summed E-state index contributed by atoms with van der Waals surface area (Å²) >= 11 is 0. The Morgan fingerprint density at radius 2 is 1.80 bits per heavy atom. The lowest BCUT2D eigenvalue weighted by Crippen LogP contribution is -1.93. The minimum absolute atomic E-state index is 0.123. The number of benzene rings is 2. The maximum atomic E-state index is 11.9. The van der Waals surface area contributed by atoms with E-state index in [4.69, 9.17) is 9.47 Å². The van der Waals surface area contributed by atoms with Gasteiger partial charge in [0.1, 0.15) is 5.75 Å². The number of ketones is 1. The normalized spacial score (nSPS) is 12.8. The third kappa shape index (κ3) is 2.49. The van der Waals surface area contributed by atoms with Crippen LogP contribution in [-0.4, -0.2) is 17.7 Å². The van der Waals surface area contributed by atoms with Crippen molar-refractivity contribution >= 4 is 11.9 Å². The molecule has 0 bridgehead atoms. The van der Waals surface area contributed by atoms with E-state index in [1.807, 2.05) is 18.2 Å². The molecule has 100 valence electrons. The van der Waals surface area contributed by atoms with Crippen molar-refractivity contribution in [2.75, 3.05) is 6.79 Å². The molecule has 0 saturated heterocycles. The van der Waals surface area contributed by atoms with E-state index in [-0.39, 0.29) is 18.3 Å². The van der Waals surface area contributed by atoms with Gasteiger partial charge in [-0.2, -0.15) is 0 Å². The van der Waals surface area contributed by atoms with Gasteiger partial charge < -0.3 is 14.6 Å². The summed E-state index contributed by atoms with van der Waals surface area (Å²) in [5.41, 5.74) is 1.39. The molecule has 1 N–H and O–H groups in total. The summed E-state index contributed by atoms with van der Waals surface area (Å²) in [6.07, 6.45) is 3.21. The van der Waals surface area contributed by atoms with Crippen molar-refractivity contribution in [2.45, 2.75) is 0 Å². The number of rotatable bonds is 3. The van der Waals surface area contributed by atoms with Gasteiger partial charge in [0.15, 0.2) is 17.3 Å². The molecule has 0 spiro atoms. The first-order valence-electron chi connectivity index (χ1n) is 6.13. The van der Waals surface area contributed by atoms with E-state index >= 15 is 0 Å². The van der Waals surface area contributed by atoms with Crippen LogP contribution in [-0.2, 0) is 0 Å². The summed E-state index contributed by atoms with van der Waals surface area (Å²) in [6.45, 7) is 0.231. The van der Waals surface area contributed by atoms with Crippen molar-refractivity contribution in [1.29, 1.82) is 0 Å². The molecule has 1 aliphatic rings. The minimum atomic E-state index is -0.123. The zero-order valence-corrected chi connectivity index (χ0v) is 10.6. The van der Waals surface area contributed by atoms with Crippen molar-refractivity contribution in [1.82, 2.24) is 0 Å². The zero-order chi connectivity index (χ0) is 13.9. The molecule has 4 nitrogen and oxygen atoms in total. The highest BCUT2D eigenvalue weighted by Gasteiger charge is 2.12. The fraction of sp³-hybridized carbons (Fsp3) is 0.0625. The molecule has 2 aromatic carbocycles. The number of ether oxygens (including phenoxy) is 2. The number of aromatic hydroxyl groups is 1. The lowest BCUT2D eigenvalue weighted by Gasteiger charge is -1.98. The van der Waals surface area contributed by atoms with Crippen LogP contribution >= 0.6 is 0 Å². The van der Waals surface area contributed by atoms with Crippen molar-refractivity contribution in [2.24, 2.45) is 0 Å². The second-order valence-corrected chi connectivity index (χ2v) is 4.36. The van der Waals surface area contributed by atoms with Gasteiger partial charge in [0, 0.05) is 5.56 Å². The Balaban J connectivity index is 1.76. The number of hydrogen-bond donors (Lipinski definition) is 1. The van der Waals surface area contributed by atoms with Crippen LogP contribution < -0.4 is 9.47 Å². The maximum absolute atomic E-state index is 11.9. The van der Waals surface area contributed by atoms with Crippen molar-refractivity contribution in [3.05, 3.63) is 59.7 Å². The molecule has 0 aromatic heterocycles. The number of phenolic OH excluding ortho intramolecular Hbond substituents is 1. The number of fused-ring (bicyclic) bond motifs is 1. The average Bonchev–Trinajstić information content (AvgIpc) is 2.93. The minimum Gasteiger partial charge on any atom is -0.508 e. The van der Waals surface area contributed by atoms with E-state index in [2.05, 4.69) is 0 Å². The molecule has 20 heavy (non-hydrogen) atoms. The van der Waals surface area contributed by atoms with Gasteiger partial charge in [0.05, 0.1) is 0 Å². The summed E-state index contributed by atoms with van der Waals surface area (Å²) in [4.78, 5) is 11.9. The van der Waals surface area contributed by atoms with Crippen LogP contribution in [0.4, 0.5) is 0 Å². The number of allylic oxidation sites excluding steroid dienone is 1. The van der Waals surface area contributed by atoms with Crippen LogP contribution in [0.25, 0.3) is 6.08 Å². The predicted molar refractivity (Wildman–Crippen MR) is 74.0 cm³/mol. The fourth-order valence-corrected chi connectivity index (χ4v) is 1.91. The van der Waals surface area contributed by atoms with E-state index in [0.717, 1.165) is 5.56 Å². The first-order chi connectivity index (χ1) is 9.72. The van der Waals surface area contributed by atoms with Crippen LogP contribution in [0.1, 0.15) is 15.9 Å². The summed E-state index contributed by atoms with van der Waals surface area (Å²) in [7, 11) is 0. The Labute approximate surface area is 115 Å². The first kappa shape index (κ1) is 12.3. The molecule has 1 heterocycles. The van der Waals surface area contributed by atoms with Crippen LogP contribution in [0.2, 0.25) is 0 Å². The third-order valence-electron chi connectivity index (χ3n) is 2.98. The lowest BCUT2D eigenvalue weighted by molar-refractivity contribution is 0.104. The SMILES string of the molecule is O=C(/C=C\c1ccc2c(c1)OCO2)c1ccc(O)cc1. The zero-order valence-electron chi connectivity index (χ0n) is 10.6. The predicted octanol–water partition coefficient (Wildman–Crippen LogP) is 3.02. The van der Waals surface area contributed by atoms with E-state index in [1.165, 1.54) is 18.2 Å². The van der Waals surface area contributed by atoms with Crippen molar-refractivity contribution in [3.8, 4) is 17.2 Å². The number of carbonyl (C=O) groups excluding carboxylic acids is 1. The standard InChI is InChI=1S/C16H12O4/c17-13-5-3-12(4-6-13)14(18)7-1-11-2-8-15-16(9-11)20-10-19-15/h1-9,17H,10H2/b7-1-. The third-order valence-corrected chi connectivity index (χ3v) is 2.98. The molecule has 0 amide bonds. The van der Waals surface area contributed by atoms with Gasteiger partial charge in [0.2, 0.25) is 6.79 Å². The van der Waals surface area contributed by atoms with Gasteiger partial charge in [-0.3, -0.25) is 4.79 Å². The molecular formula is C16H12O4. The van der Waals surface area contributed by atoms with Crippen LogP contribution in [0, 0.1) is 0 Å². The summed E-state index contributed by atoms with van der Waals surface area (Å²) < 4.78 is 10.5. The van der Waals surface area contributed by atoms with E-state index < -0.39 is 0 Å². The molecule has 0 aliphatic carbocycles. The van der Waals surface area contributed by atoms with Gasteiger partial charge >= 0.3 is 0 Å². The van der Waals surface area contributed by atoms with Gasteiger partial charge in [-0.05, 0) is 48.0 Å². The molecule has 1 aliphatic heterocycles. The van der Waals surface area contributed by atoms with Crippen LogP contribution in [0.5, 0.6) is 17.2 Å². The lowest BCUT2D eigenvalue weighted by atomic mass is 10.1. The van der Waals surface area contributed by atoms with Crippen LogP contribution in [0.3, 0.4) is 0 Å². The summed E-state index contributed by atoms with van der Waals surface area (Å²) in [5, 5.41) is 9.18. The Morgan fingerprint density at radius 3 is 2.60 bits per heavy atom. The Kier molecular flexibility index (Phi) is 3.13. The highest BCUT2D eigenvalue weighted by atomic mass is 16.7. The van der Waals surface area contributed by atoms with Gasteiger partial charge in [-0.15, -0.1) is 0 Å². The van der Waals surface area contributed by atoms with Gasteiger partial charge in [0.25, 0.3) is 0 Å². The second-order valence-electron chi connectivity index (χ2n) is 4.36. The van der Waals surface area contributed by atoms with E-state index in [0.29, 0.717) is 17.1 Å². The number of hydrogen-bond acceptors (Lipinski definition) is 4. The Hall–Kier alpha value is -2.75. The molecule has 2 aromatic rings. The smallest absolute Gasteiger partial charge is 0.231 e. The number of phenols is 1. The van der Waals surface area contributed by atoms with E-state index in [9.17, 15) is 9.90 Å². The highest BCUT2D eigenvalue weighted by Crippen LogP contribution is 2.32. The topological polar surface area (TPSA) is 55.8 Å². The first-order valence-corrected chi connectivity index (χ1v) is 6.13. The molecule has 0 unspecified atom stereocenters. The van der Waals surface area contributed by atoms with E-state index in [1.54, 1.807) is 18.2 Å². The monoisotopic (exact) mass is 268 g/mol. The number of carbonyl (C=O) groups is 1. The molecule has 3 rings (SSSR count). The van der Waals surface area contributed by atoms with Gasteiger partial charge in [-0.25, -0.2) is 0 Å². The molecule has 4 heteroatoms. The summed E-state index contributed by atoms with van der Waals surface area (Å²) in [6, 6.07) is 11.6.